The molecule has 0 unspecified atom stereocenters. The average molecular weight is 302 g/mol. The Hall–Kier alpha value is -1.84. The zero-order chi connectivity index (χ0) is 13.9. The molecule has 3 rings (SSSR count). The van der Waals surface area contributed by atoms with Crippen molar-refractivity contribution in [2.24, 2.45) is 0 Å². The van der Waals surface area contributed by atoms with Crippen molar-refractivity contribution in [3.63, 3.8) is 0 Å². The molecule has 0 saturated heterocycles. The van der Waals surface area contributed by atoms with E-state index >= 15 is 0 Å². The zero-order valence-electron chi connectivity index (χ0n) is 10.8. The summed E-state index contributed by atoms with van der Waals surface area (Å²) in [5.74, 6) is 0. The van der Waals surface area contributed by atoms with E-state index in [-0.39, 0.29) is 0 Å². The molecule has 2 nitrogen and oxygen atoms in total. The number of methoxy groups -OCH3 is 1. The molecular weight excluding hydrogens is 290 g/mol. The molecule has 0 saturated carbocycles. The SMILES string of the molecule is COc1nc(-c2ccc(Cl)cc2)c(-c2ccccc2)s1. The normalized spacial score (nSPS) is 10.5. The van der Waals surface area contributed by atoms with Gasteiger partial charge in [-0.05, 0) is 17.7 Å². The molecule has 1 heterocycles. The number of rotatable bonds is 3. The maximum absolute atomic E-state index is 5.95. The molecule has 0 N–H and O–H groups in total. The molecule has 0 spiro atoms. The van der Waals surface area contributed by atoms with Gasteiger partial charge < -0.3 is 4.74 Å². The maximum Gasteiger partial charge on any atom is 0.274 e. The van der Waals surface area contributed by atoms with E-state index in [1.54, 1.807) is 18.4 Å². The molecule has 0 fully saturated rings. The number of aromatic nitrogens is 1. The highest BCUT2D eigenvalue weighted by molar-refractivity contribution is 7.17. The van der Waals surface area contributed by atoms with Crippen LogP contribution in [0.4, 0.5) is 0 Å². The molecule has 0 aliphatic rings. The third-order valence-corrected chi connectivity index (χ3v) is 4.25. The van der Waals surface area contributed by atoms with Gasteiger partial charge in [0.2, 0.25) is 0 Å². The van der Waals surface area contributed by atoms with Crippen LogP contribution in [0.1, 0.15) is 0 Å². The molecule has 0 aliphatic carbocycles. The van der Waals surface area contributed by atoms with E-state index in [4.69, 9.17) is 16.3 Å². The van der Waals surface area contributed by atoms with Gasteiger partial charge in [-0.15, -0.1) is 0 Å². The summed E-state index contributed by atoms with van der Waals surface area (Å²) < 4.78 is 5.28. The van der Waals surface area contributed by atoms with Crippen molar-refractivity contribution in [2.75, 3.05) is 7.11 Å². The number of benzene rings is 2. The highest BCUT2D eigenvalue weighted by atomic mass is 35.5. The summed E-state index contributed by atoms with van der Waals surface area (Å²) in [6.07, 6.45) is 0. The average Bonchev–Trinajstić information content (AvgIpc) is 2.93. The highest BCUT2D eigenvalue weighted by Gasteiger charge is 2.15. The summed E-state index contributed by atoms with van der Waals surface area (Å²) in [6, 6.07) is 17.9. The summed E-state index contributed by atoms with van der Waals surface area (Å²) in [5, 5.41) is 1.38. The van der Waals surface area contributed by atoms with E-state index in [1.807, 2.05) is 42.5 Å². The predicted octanol–water partition coefficient (Wildman–Crippen LogP) is 5.14. The van der Waals surface area contributed by atoms with Crippen LogP contribution in [0.15, 0.2) is 54.6 Å². The number of thiazole rings is 1. The number of hydrogen-bond acceptors (Lipinski definition) is 3. The first-order valence-electron chi connectivity index (χ1n) is 6.14. The second-order valence-corrected chi connectivity index (χ2v) is 5.63. The second-order valence-electron chi connectivity index (χ2n) is 4.23. The van der Waals surface area contributed by atoms with Gasteiger partial charge in [-0.25, -0.2) is 4.98 Å². The van der Waals surface area contributed by atoms with Crippen LogP contribution in [-0.2, 0) is 0 Å². The van der Waals surface area contributed by atoms with Gasteiger partial charge in [0.05, 0.1) is 17.7 Å². The molecule has 1 aromatic heterocycles. The van der Waals surface area contributed by atoms with E-state index in [0.717, 1.165) is 26.7 Å². The quantitative estimate of drug-likeness (QED) is 0.668. The Morgan fingerprint density at radius 3 is 2.30 bits per heavy atom. The van der Waals surface area contributed by atoms with Crippen LogP contribution in [0, 0.1) is 0 Å². The number of ether oxygens (including phenoxy) is 1. The minimum absolute atomic E-state index is 0.661. The number of hydrogen-bond donors (Lipinski definition) is 0. The fourth-order valence-electron chi connectivity index (χ4n) is 1.98. The Labute approximate surface area is 126 Å². The van der Waals surface area contributed by atoms with Crippen LogP contribution in [0.3, 0.4) is 0 Å². The molecule has 0 atom stereocenters. The first-order chi connectivity index (χ1) is 9.78. The van der Waals surface area contributed by atoms with Crippen LogP contribution < -0.4 is 4.74 Å². The Bertz CT molecular complexity index is 707. The van der Waals surface area contributed by atoms with Crippen molar-refractivity contribution in [2.45, 2.75) is 0 Å². The van der Waals surface area contributed by atoms with Crippen molar-refractivity contribution in [3.05, 3.63) is 59.6 Å². The fraction of sp³-hybridized carbons (Fsp3) is 0.0625. The van der Waals surface area contributed by atoms with E-state index in [2.05, 4.69) is 17.1 Å². The highest BCUT2D eigenvalue weighted by Crippen LogP contribution is 2.39. The Kier molecular flexibility index (Phi) is 3.72. The standard InChI is InChI=1S/C16H12ClNOS/c1-19-16-18-14(11-7-9-13(17)10-8-11)15(20-16)12-5-3-2-4-6-12/h2-10H,1H3. The van der Waals surface area contributed by atoms with Crippen molar-refractivity contribution in [3.8, 4) is 26.9 Å². The molecule has 3 aromatic rings. The first-order valence-corrected chi connectivity index (χ1v) is 7.33. The second kappa shape index (κ2) is 5.65. The Morgan fingerprint density at radius 2 is 1.65 bits per heavy atom. The van der Waals surface area contributed by atoms with Crippen LogP contribution in [-0.4, -0.2) is 12.1 Å². The molecule has 20 heavy (non-hydrogen) atoms. The lowest BCUT2D eigenvalue weighted by molar-refractivity contribution is 0.412. The largest absolute Gasteiger partial charge is 0.473 e. The van der Waals surface area contributed by atoms with Gasteiger partial charge in [0.15, 0.2) is 0 Å². The molecule has 0 aliphatic heterocycles. The minimum atomic E-state index is 0.661. The monoisotopic (exact) mass is 301 g/mol. The summed E-state index contributed by atoms with van der Waals surface area (Å²) in [4.78, 5) is 5.66. The fourth-order valence-corrected chi connectivity index (χ4v) is 3.01. The van der Waals surface area contributed by atoms with Crippen LogP contribution in [0.5, 0.6) is 5.19 Å². The third-order valence-electron chi connectivity index (χ3n) is 2.94. The summed E-state index contributed by atoms with van der Waals surface area (Å²) in [7, 11) is 1.64. The molecule has 0 bridgehead atoms. The molecular formula is C16H12ClNOS. The molecule has 100 valence electrons. The molecule has 2 aromatic carbocycles. The van der Waals surface area contributed by atoms with Gasteiger partial charge >= 0.3 is 0 Å². The van der Waals surface area contributed by atoms with E-state index in [1.165, 1.54) is 0 Å². The Balaban J connectivity index is 2.15. The summed E-state index contributed by atoms with van der Waals surface area (Å²) >= 11 is 7.49. The van der Waals surface area contributed by atoms with Crippen LogP contribution in [0.2, 0.25) is 5.02 Å². The Morgan fingerprint density at radius 1 is 0.950 bits per heavy atom. The summed E-state index contributed by atoms with van der Waals surface area (Å²) in [5.41, 5.74) is 3.10. The van der Waals surface area contributed by atoms with Gasteiger partial charge in [0, 0.05) is 10.6 Å². The first kappa shape index (κ1) is 13.2. The maximum atomic E-state index is 5.95. The lowest BCUT2D eigenvalue weighted by atomic mass is 10.1. The molecule has 4 heteroatoms. The van der Waals surface area contributed by atoms with E-state index in [9.17, 15) is 0 Å². The van der Waals surface area contributed by atoms with Gasteiger partial charge in [0.1, 0.15) is 0 Å². The molecule has 0 amide bonds. The summed E-state index contributed by atoms with van der Waals surface area (Å²) in [6.45, 7) is 0. The molecule has 0 radical (unpaired) electrons. The van der Waals surface area contributed by atoms with Crippen LogP contribution in [0.25, 0.3) is 21.7 Å². The minimum Gasteiger partial charge on any atom is -0.473 e. The van der Waals surface area contributed by atoms with Gasteiger partial charge in [-0.1, -0.05) is 65.4 Å². The number of halogens is 1. The number of nitrogens with zero attached hydrogens (tertiary/aromatic N) is 1. The van der Waals surface area contributed by atoms with Crippen LogP contribution >= 0.6 is 22.9 Å². The smallest absolute Gasteiger partial charge is 0.274 e. The topological polar surface area (TPSA) is 22.1 Å². The van der Waals surface area contributed by atoms with Crippen molar-refractivity contribution < 1.29 is 4.74 Å². The van der Waals surface area contributed by atoms with Crippen molar-refractivity contribution in [1.29, 1.82) is 0 Å². The van der Waals surface area contributed by atoms with Crippen molar-refractivity contribution >= 4 is 22.9 Å². The lowest BCUT2D eigenvalue weighted by Gasteiger charge is -2.02. The van der Waals surface area contributed by atoms with E-state index in [0.29, 0.717) is 5.19 Å². The predicted molar refractivity (Wildman–Crippen MR) is 84.5 cm³/mol. The van der Waals surface area contributed by atoms with E-state index < -0.39 is 0 Å². The zero-order valence-corrected chi connectivity index (χ0v) is 12.4. The lowest BCUT2D eigenvalue weighted by Crippen LogP contribution is -1.83. The van der Waals surface area contributed by atoms with Gasteiger partial charge in [-0.2, -0.15) is 0 Å². The van der Waals surface area contributed by atoms with Crippen molar-refractivity contribution in [1.82, 2.24) is 4.98 Å². The third kappa shape index (κ3) is 2.55. The van der Waals surface area contributed by atoms with Gasteiger partial charge in [0.25, 0.3) is 5.19 Å². The van der Waals surface area contributed by atoms with Gasteiger partial charge in [-0.3, -0.25) is 0 Å².